The largest absolute Gasteiger partial charge is 0.390 e. The molecular formula is C17H21N5O2. The number of nitrogens with one attached hydrogen (secondary N) is 1. The Bertz CT molecular complexity index is 925. The number of hydrogen-bond donors (Lipinski definition) is 2. The van der Waals surface area contributed by atoms with Crippen LogP contribution in [-0.4, -0.2) is 39.0 Å². The Hall–Kier alpha value is -2.67. The van der Waals surface area contributed by atoms with E-state index in [1.165, 1.54) is 5.56 Å². The van der Waals surface area contributed by atoms with Crippen LogP contribution < -0.4 is 10.5 Å². The second-order valence-corrected chi connectivity index (χ2v) is 6.12. The molecule has 0 saturated heterocycles. The minimum absolute atomic E-state index is 0.113. The molecule has 1 atom stereocenters. The van der Waals surface area contributed by atoms with E-state index in [2.05, 4.69) is 15.1 Å². The fraction of sp³-hybridized carbons (Fsp3) is 0.353. The molecule has 0 aliphatic heterocycles. The summed E-state index contributed by atoms with van der Waals surface area (Å²) in [6.07, 6.45) is 0. The molecule has 2 heterocycles. The third-order valence-corrected chi connectivity index (χ3v) is 4.12. The van der Waals surface area contributed by atoms with Gasteiger partial charge in [0.05, 0.1) is 12.6 Å². The van der Waals surface area contributed by atoms with Crippen molar-refractivity contribution in [3.63, 3.8) is 0 Å². The zero-order valence-corrected chi connectivity index (χ0v) is 14.2. The number of aliphatic hydroxyl groups excluding tert-OH is 1. The first-order valence-corrected chi connectivity index (χ1v) is 7.78. The average Bonchev–Trinajstić information content (AvgIpc) is 2.94. The summed E-state index contributed by atoms with van der Waals surface area (Å²) < 4.78 is 1.70. The number of benzene rings is 1. The van der Waals surface area contributed by atoms with Gasteiger partial charge in [-0.3, -0.25) is 9.78 Å². The predicted molar refractivity (Wildman–Crippen MR) is 93.4 cm³/mol. The number of fused-ring (bicyclic) bond motifs is 1. The number of anilines is 1. The monoisotopic (exact) mass is 327 g/mol. The number of rotatable bonds is 4. The highest BCUT2D eigenvalue weighted by molar-refractivity contribution is 5.78. The molecule has 0 amide bonds. The van der Waals surface area contributed by atoms with Crippen LogP contribution in [0.3, 0.4) is 0 Å². The third kappa shape index (κ3) is 2.67. The minimum atomic E-state index is -0.309. The van der Waals surface area contributed by atoms with Crippen LogP contribution in [0.1, 0.15) is 29.8 Å². The van der Waals surface area contributed by atoms with Gasteiger partial charge in [-0.1, -0.05) is 29.8 Å². The fourth-order valence-electron chi connectivity index (χ4n) is 2.68. The molecule has 7 heteroatoms. The van der Waals surface area contributed by atoms with Gasteiger partial charge in [0, 0.05) is 14.1 Å². The van der Waals surface area contributed by atoms with Crippen molar-refractivity contribution in [1.82, 2.24) is 19.7 Å². The third-order valence-electron chi connectivity index (χ3n) is 4.12. The van der Waals surface area contributed by atoms with Gasteiger partial charge in [-0.2, -0.15) is 10.1 Å². The summed E-state index contributed by atoms with van der Waals surface area (Å²) >= 11 is 0. The van der Waals surface area contributed by atoms with Crippen LogP contribution in [0.5, 0.6) is 0 Å². The smallest absolute Gasteiger partial charge is 0.263 e. The number of aromatic amines is 1. The molecule has 0 radical (unpaired) electrons. The highest BCUT2D eigenvalue weighted by atomic mass is 16.3. The molecule has 2 N–H and O–H groups in total. The molecule has 1 aromatic carbocycles. The van der Waals surface area contributed by atoms with Gasteiger partial charge in [0.15, 0.2) is 5.65 Å². The van der Waals surface area contributed by atoms with E-state index in [1.54, 1.807) is 23.7 Å². The number of H-pyrrole nitrogens is 1. The lowest BCUT2D eigenvalue weighted by molar-refractivity contribution is 0.276. The zero-order chi connectivity index (χ0) is 17.4. The SMILES string of the molecule is Cc1ccc([C@H](C)n2nc(CO)c3c(=O)[nH]c(N(C)C)nc32)cc1. The quantitative estimate of drug-likeness (QED) is 0.760. The Morgan fingerprint density at radius 3 is 2.54 bits per heavy atom. The standard InChI is InChI=1S/C17H21N5O2/c1-10-5-7-12(8-6-10)11(2)22-15-14(13(9-23)20-22)16(24)19-17(18-15)21(3)4/h5-8,11,23H,9H2,1-4H3,(H,18,19,24)/t11-/m0/s1. The Kier molecular flexibility index (Phi) is 4.11. The van der Waals surface area contributed by atoms with Gasteiger partial charge in [-0.25, -0.2) is 4.68 Å². The van der Waals surface area contributed by atoms with Crippen LogP contribution in [0, 0.1) is 6.92 Å². The van der Waals surface area contributed by atoms with Gasteiger partial charge in [-0.05, 0) is 19.4 Å². The lowest BCUT2D eigenvalue weighted by Gasteiger charge is -2.15. The maximum Gasteiger partial charge on any atom is 0.263 e. The van der Waals surface area contributed by atoms with Gasteiger partial charge < -0.3 is 10.0 Å². The summed E-state index contributed by atoms with van der Waals surface area (Å²) in [5, 5.41) is 14.3. The van der Waals surface area contributed by atoms with E-state index in [4.69, 9.17) is 0 Å². The highest BCUT2D eigenvalue weighted by Gasteiger charge is 2.20. The van der Waals surface area contributed by atoms with Crippen molar-refractivity contribution in [2.45, 2.75) is 26.5 Å². The molecule has 7 nitrogen and oxygen atoms in total. The van der Waals surface area contributed by atoms with Gasteiger partial charge in [0.25, 0.3) is 5.56 Å². The predicted octanol–water partition coefficient (Wildman–Crippen LogP) is 1.60. The van der Waals surface area contributed by atoms with Crippen molar-refractivity contribution in [2.24, 2.45) is 0 Å². The summed E-state index contributed by atoms with van der Waals surface area (Å²) in [6, 6.07) is 8.03. The molecule has 0 aliphatic carbocycles. The minimum Gasteiger partial charge on any atom is -0.390 e. The first-order chi connectivity index (χ1) is 11.4. The molecular weight excluding hydrogens is 306 g/mol. The topological polar surface area (TPSA) is 87.0 Å². The average molecular weight is 327 g/mol. The van der Waals surface area contributed by atoms with Crippen LogP contribution in [-0.2, 0) is 6.61 Å². The summed E-state index contributed by atoms with van der Waals surface area (Å²) in [7, 11) is 3.61. The molecule has 3 rings (SSSR count). The van der Waals surface area contributed by atoms with E-state index in [9.17, 15) is 9.90 Å². The van der Waals surface area contributed by atoms with E-state index in [1.807, 2.05) is 38.1 Å². The van der Waals surface area contributed by atoms with Crippen molar-refractivity contribution in [1.29, 1.82) is 0 Å². The molecule has 3 aromatic rings. The van der Waals surface area contributed by atoms with Crippen LogP contribution in [0.2, 0.25) is 0 Å². The second-order valence-electron chi connectivity index (χ2n) is 6.12. The molecule has 0 spiro atoms. The first kappa shape index (κ1) is 16.2. The van der Waals surface area contributed by atoms with E-state index < -0.39 is 0 Å². The molecule has 0 saturated carbocycles. The molecule has 0 aliphatic rings. The van der Waals surface area contributed by atoms with Gasteiger partial charge in [0.2, 0.25) is 5.95 Å². The summed E-state index contributed by atoms with van der Waals surface area (Å²) in [5.74, 6) is 0.453. The molecule has 126 valence electrons. The molecule has 0 unspecified atom stereocenters. The van der Waals surface area contributed by atoms with E-state index in [-0.39, 0.29) is 18.2 Å². The van der Waals surface area contributed by atoms with E-state index in [0.717, 1.165) is 5.56 Å². The Labute approximate surface area is 139 Å². The number of nitrogens with zero attached hydrogens (tertiary/aromatic N) is 4. The molecule has 24 heavy (non-hydrogen) atoms. The number of aliphatic hydroxyl groups is 1. The van der Waals surface area contributed by atoms with Crippen LogP contribution in [0.25, 0.3) is 11.0 Å². The summed E-state index contributed by atoms with van der Waals surface area (Å²) in [4.78, 5) is 21.4. The number of aromatic nitrogens is 4. The summed E-state index contributed by atoms with van der Waals surface area (Å²) in [5.41, 5.74) is 2.75. The van der Waals surface area contributed by atoms with Crippen molar-refractivity contribution in [3.8, 4) is 0 Å². The van der Waals surface area contributed by atoms with E-state index >= 15 is 0 Å². The van der Waals surface area contributed by atoms with Crippen LogP contribution in [0.4, 0.5) is 5.95 Å². The van der Waals surface area contributed by atoms with Crippen LogP contribution >= 0.6 is 0 Å². The second kappa shape index (κ2) is 6.09. The number of hydrogen-bond acceptors (Lipinski definition) is 5. The molecule has 2 aromatic heterocycles. The lowest BCUT2D eigenvalue weighted by Crippen LogP contribution is -2.20. The van der Waals surface area contributed by atoms with E-state index in [0.29, 0.717) is 22.7 Å². The summed E-state index contributed by atoms with van der Waals surface area (Å²) in [6.45, 7) is 3.72. The highest BCUT2D eigenvalue weighted by Crippen LogP contribution is 2.24. The molecule has 0 fully saturated rings. The first-order valence-electron chi connectivity index (χ1n) is 7.78. The Balaban J connectivity index is 2.23. The van der Waals surface area contributed by atoms with Crippen molar-refractivity contribution in [2.75, 3.05) is 19.0 Å². The maximum absolute atomic E-state index is 12.4. The maximum atomic E-state index is 12.4. The van der Waals surface area contributed by atoms with Crippen molar-refractivity contribution in [3.05, 3.63) is 51.4 Å². The van der Waals surface area contributed by atoms with Crippen molar-refractivity contribution < 1.29 is 5.11 Å². The van der Waals surface area contributed by atoms with Gasteiger partial charge >= 0.3 is 0 Å². The fourth-order valence-corrected chi connectivity index (χ4v) is 2.68. The molecule has 0 bridgehead atoms. The lowest BCUT2D eigenvalue weighted by atomic mass is 10.1. The normalized spacial score (nSPS) is 12.5. The number of aryl methyl sites for hydroxylation is 1. The Morgan fingerprint density at radius 1 is 1.29 bits per heavy atom. The van der Waals surface area contributed by atoms with Gasteiger partial charge in [-0.15, -0.1) is 0 Å². The Morgan fingerprint density at radius 2 is 1.96 bits per heavy atom. The van der Waals surface area contributed by atoms with Gasteiger partial charge in [0.1, 0.15) is 11.1 Å². The van der Waals surface area contributed by atoms with Crippen LogP contribution in [0.15, 0.2) is 29.1 Å². The zero-order valence-electron chi connectivity index (χ0n) is 14.2. The van der Waals surface area contributed by atoms with Crippen molar-refractivity contribution >= 4 is 17.0 Å².